The Labute approximate surface area is 145 Å². The molecule has 0 bridgehead atoms. The van der Waals surface area contributed by atoms with Gasteiger partial charge in [-0.3, -0.25) is 9.59 Å². The highest BCUT2D eigenvalue weighted by atomic mass is 16.5. The van der Waals surface area contributed by atoms with E-state index in [0.29, 0.717) is 28.3 Å². The maximum absolute atomic E-state index is 12.2. The van der Waals surface area contributed by atoms with Crippen molar-refractivity contribution in [1.82, 2.24) is 5.32 Å². The molecule has 0 aromatic heterocycles. The van der Waals surface area contributed by atoms with E-state index in [4.69, 9.17) is 14.7 Å². The molecule has 0 heterocycles. The number of carbonyl (C=O) groups excluding carboxylic acids is 2. The summed E-state index contributed by atoms with van der Waals surface area (Å²) < 4.78 is 10.2. The number of nitrogens with one attached hydrogen (secondary N) is 2. The van der Waals surface area contributed by atoms with Crippen LogP contribution in [0.1, 0.15) is 15.9 Å². The lowest BCUT2D eigenvalue weighted by atomic mass is 10.2. The molecule has 0 aliphatic heterocycles. The van der Waals surface area contributed by atoms with Crippen LogP contribution < -0.4 is 20.1 Å². The number of nitrogens with zero attached hydrogens (tertiary/aromatic N) is 1. The Bertz CT molecular complexity index is 788. The number of carbonyl (C=O) groups is 2. The topological polar surface area (TPSA) is 100 Å². The van der Waals surface area contributed by atoms with Gasteiger partial charge in [-0.25, -0.2) is 0 Å². The summed E-state index contributed by atoms with van der Waals surface area (Å²) in [6.45, 7) is -0.196. The Hall–Kier alpha value is -3.53. The van der Waals surface area contributed by atoms with Gasteiger partial charge in [0.25, 0.3) is 5.91 Å². The van der Waals surface area contributed by atoms with Crippen molar-refractivity contribution < 1.29 is 19.1 Å². The monoisotopic (exact) mass is 339 g/mol. The van der Waals surface area contributed by atoms with Gasteiger partial charge in [-0.1, -0.05) is 0 Å². The highest BCUT2D eigenvalue weighted by Crippen LogP contribution is 2.22. The molecule has 0 unspecified atom stereocenters. The van der Waals surface area contributed by atoms with Crippen molar-refractivity contribution in [3.05, 3.63) is 53.6 Å². The maximum atomic E-state index is 12.2. The minimum atomic E-state index is -0.424. The molecule has 7 heteroatoms. The largest absolute Gasteiger partial charge is 0.497 e. The smallest absolute Gasteiger partial charge is 0.251 e. The van der Waals surface area contributed by atoms with E-state index >= 15 is 0 Å². The summed E-state index contributed by atoms with van der Waals surface area (Å²) in [7, 11) is 2.98. The third-order valence-electron chi connectivity index (χ3n) is 3.32. The average Bonchev–Trinajstić information content (AvgIpc) is 2.66. The molecule has 2 rings (SSSR count). The zero-order valence-corrected chi connectivity index (χ0v) is 13.8. The molecule has 0 radical (unpaired) electrons. The molecule has 0 saturated carbocycles. The minimum Gasteiger partial charge on any atom is -0.497 e. The molecular formula is C18H17N3O4. The third kappa shape index (κ3) is 4.97. The van der Waals surface area contributed by atoms with E-state index in [2.05, 4.69) is 10.6 Å². The molecule has 128 valence electrons. The second kappa shape index (κ2) is 8.36. The molecule has 7 nitrogen and oxygen atoms in total. The number of methoxy groups -OCH3 is 2. The number of hydrogen-bond acceptors (Lipinski definition) is 5. The quantitative estimate of drug-likeness (QED) is 0.838. The first-order chi connectivity index (χ1) is 12.0. The first-order valence-corrected chi connectivity index (χ1v) is 7.37. The fourth-order valence-corrected chi connectivity index (χ4v) is 2.03. The van der Waals surface area contributed by atoms with Crippen molar-refractivity contribution in [3.63, 3.8) is 0 Å². The highest BCUT2D eigenvalue weighted by molar-refractivity contribution is 5.99. The zero-order valence-electron chi connectivity index (χ0n) is 13.8. The van der Waals surface area contributed by atoms with Gasteiger partial charge in [0.05, 0.1) is 32.4 Å². The second-order valence-electron chi connectivity index (χ2n) is 5.02. The molecule has 2 aromatic rings. The summed E-state index contributed by atoms with van der Waals surface area (Å²) in [4.78, 5) is 24.1. The molecule has 0 fully saturated rings. The van der Waals surface area contributed by atoms with Crippen molar-refractivity contribution in [2.75, 3.05) is 26.1 Å². The third-order valence-corrected chi connectivity index (χ3v) is 3.32. The Kier molecular flexibility index (Phi) is 5.96. The molecule has 0 saturated heterocycles. The van der Waals surface area contributed by atoms with Crippen molar-refractivity contribution in [2.24, 2.45) is 0 Å². The first-order valence-electron chi connectivity index (χ1n) is 7.37. The van der Waals surface area contributed by atoms with Gasteiger partial charge in [0.2, 0.25) is 5.91 Å². The molecule has 2 N–H and O–H groups in total. The summed E-state index contributed by atoms with van der Waals surface area (Å²) in [5.41, 5.74) is 1.36. The SMILES string of the molecule is COc1cc(OC)cc(C(=O)NCC(=O)Nc2ccc(C#N)cc2)c1. The fraction of sp³-hybridized carbons (Fsp3) is 0.167. The summed E-state index contributed by atoms with van der Waals surface area (Å²) in [6.07, 6.45) is 0. The van der Waals surface area contributed by atoms with E-state index in [0.717, 1.165) is 0 Å². The maximum Gasteiger partial charge on any atom is 0.251 e. The van der Waals surface area contributed by atoms with Crippen LogP contribution in [0.15, 0.2) is 42.5 Å². The Morgan fingerprint density at radius 2 is 1.64 bits per heavy atom. The van der Waals surface area contributed by atoms with Crippen LogP contribution in [0.3, 0.4) is 0 Å². The van der Waals surface area contributed by atoms with Gasteiger partial charge in [-0.2, -0.15) is 5.26 Å². The zero-order chi connectivity index (χ0) is 18.2. The van der Waals surface area contributed by atoms with Crippen LogP contribution in [0.25, 0.3) is 0 Å². The average molecular weight is 339 g/mol. The molecule has 0 aliphatic carbocycles. The van der Waals surface area contributed by atoms with Crippen LogP contribution >= 0.6 is 0 Å². The molecule has 0 spiro atoms. The minimum absolute atomic E-state index is 0.196. The van der Waals surface area contributed by atoms with E-state index < -0.39 is 5.91 Å². The summed E-state index contributed by atoms with van der Waals surface area (Å²) in [5.74, 6) is 0.151. The molecule has 25 heavy (non-hydrogen) atoms. The fourth-order valence-electron chi connectivity index (χ4n) is 2.03. The Balaban J connectivity index is 1.94. The molecular weight excluding hydrogens is 322 g/mol. The van der Waals surface area contributed by atoms with E-state index in [-0.39, 0.29) is 12.5 Å². The number of amides is 2. The molecule has 0 aliphatic rings. The van der Waals surface area contributed by atoms with Crippen LogP contribution in [-0.2, 0) is 4.79 Å². The highest BCUT2D eigenvalue weighted by Gasteiger charge is 2.11. The lowest BCUT2D eigenvalue weighted by Gasteiger charge is -2.09. The Morgan fingerprint density at radius 1 is 1.04 bits per heavy atom. The number of ether oxygens (including phenoxy) is 2. The van der Waals surface area contributed by atoms with Crippen LogP contribution in [0.5, 0.6) is 11.5 Å². The van der Waals surface area contributed by atoms with Crippen molar-refractivity contribution in [1.29, 1.82) is 5.26 Å². The van der Waals surface area contributed by atoms with Crippen molar-refractivity contribution >= 4 is 17.5 Å². The van der Waals surface area contributed by atoms with Crippen molar-refractivity contribution in [2.45, 2.75) is 0 Å². The van der Waals surface area contributed by atoms with E-state index in [9.17, 15) is 9.59 Å². The molecule has 2 amide bonds. The van der Waals surface area contributed by atoms with Crippen LogP contribution in [0.2, 0.25) is 0 Å². The first kappa shape index (κ1) is 17.8. The van der Waals surface area contributed by atoms with Crippen LogP contribution in [-0.4, -0.2) is 32.6 Å². The van der Waals surface area contributed by atoms with Crippen LogP contribution in [0.4, 0.5) is 5.69 Å². The number of hydrogen-bond donors (Lipinski definition) is 2. The van der Waals surface area contributed by atoms with Gasteiger partial charge in [0.15, 0.2) is 0 Å². The predicted molar refractivity (Wildman–Crippen MR) is 91.7 cm³/mol. The van der Waals surface area contributed by atoms with Gasteiger partial charge >= 0.3 is 0 Å². The molecule has 0 atom stereocenters. The van der Waals surface area contributed by atoms with Crippen LogP contribution in [0, 0.1) is 11.3 Å². The number of benzene rings is 2. The number of nitriles is 1. The van der Waals surface area contributed by atoms with Gasteiger partial charge < -0.3 is 20.1 Å². The van der Waals surface area contributed by atoms with Gasteiger partial charge in [-0.05, 0) is 36.4 Å². The van der Waals surface area contributed by atoms with Gasteiger partial charge in [0, 0.05) is 17.3 Å². The summed E-state index contributed by atoms with van der Waals surface area (Å²) in [5, 5.41) is 13.9. The second-order valence-corrected chi connectivity index (χ2v) is 5.02. The predicted octanol–water partition coefficient (Wildman–Crippen LogP) is 1.94. The van der Waals surface area contributed by atoms with Gasteiger partial charge in [0.1, 0.15) is 11.5 Å². The molecule has 2 aromatic carbocycles. The summed E-state index contributed by atoms with van der Waals surface area (Å²) >= 11 is 0. The lowest BCUT2D eigenvalue weighted by molar-refractivity contribution is -0.115. The van der Waals surface area contributed by atoms with E-state index in [1.807, 2.05) is 6.07 Å². The van der Waals surface area contributed by atoms with Gasteiger partial charge in [-0.15, -0.1) is 0 Å². The van der Waals surface area contributed by atoms with E-state index in [1.165, 1.54) is 14.2 Å². The Morgan fingerprint density at radius 3 is 2.16 bits per heavy atom. The standard InChI is InChI=1S/C18H17N3O4/c1-24-15-7-13(8-16(9-15)25-2)18(23)20-11-17(22)21-14-5-3-12(10-19)4-6-14/h3-9H,11H2,1-2H3,(H,20,23)(H,21,22). The normalized spacial score (nSPS) is 9.64. The van der Waals surface area contributed by atoms with Crippen molar-refractivity contribution in [3.8, 4) is 17.6 Å². The lowest BCUT2D eigenvalue weighted by Crippen LogP contribution is -2.32. The summed E-state index contributed by atoms with van der Waals surface area (Å²) in [6, 6.07) is 13.2. The number of anilines is 1. The van der Waals surface area contributed by atoms with E-state index in [1.54, 1.807) is 42.5 Å². The number of rotatable bonds is 6.